The average molecular weight is 332 g/mol. The van der Waals surface area contributed by atoms with Crippen LogP contribution in [0.2, 0.25) is 0 Å². The fourth-order valence-electron chi connectivity index (χ4n) is 3.50. The Labute approximate surface area is 146 Å². The number of ether oxygens (including phenoxy) is 1. The minimum atomic E-state index is -0.431. The maximum atomic E-state index is 10.4. The predicted octanol–water partition coefficient (Wildman–Crippen LogP) is 2.38. The SMILES string of the molecule is Cc1ccc(C)c(OCC(O)CN2CCN(CC3CC3)CC2)c1C. The normalized spacial score (nSPS) is 21.0. The van der Waals surface area contributed by atoms with Gasteiger partial charge in [0.1, 0.15) is 18.5 Å². The third kappa shape index (κ3) is 4.71. The third-order valence-electron chi connectivity index (χ3n) is 5.44. The summed E-state index contributed by atoms with van der Waals surface area (Å²) in [5.41, 5.74) is 3.55. The molecule has 1 aliphatic carbocycles. The number of β-amino-alcohol motifs (C(OH)–C–C–N with tert-alkyl or cyclic N) is 1. The Morgan fingerprint density at radius 1 is 1.04 bits per heavy atom. The van der Waals surface area contributed by atoms with E-state index in [0.29, 0.717) is 13.2 Å². The van der Waals surface area contributed by atoms with Crippen LogP contribution in [0.5, 0.6) is 5.75 Å². The predicted molar refractivity (Wildman–Crippen MR) is 97.8 cm³/mol. The molecule has 1 aromatic rings. The van der Waals surface area contributed by atoms with Crippen molar-refractivity contribution in [2.45, 2.75) is 39.7 Å². The zero-order chi connectivity index (χ0) is 17.1. The van der Waals surface area contributed by atoms with Crippen LogP contribution in [0.15, 0.2) is 12.1 Å². The maximum Gasteiger partial charge on any atom is 0.125 e. The van der Waals surface area contributed by atoms with Gasteiger partial charge in [-0.1, -0.05) is 12.1 Å². The van der Waals surface area contributed by atoms with Crippen molar-refractivity contribution in [2.24, 2.45) is 5.92 Å². The van der Waals surface area contributed by atoms with Crippen molar-refractivity contribution in [3.63, 3.8) is 0 Å². The second-order valence-corrected chi connectivity index (χ2v) is 7.66. The third-order valence-corrected chi connectivity index (χ3v) is 5.44. The number of rotatable bonds is 7. The van der Waals surface area contributed by atoms with Gasteiger partial charge >= 0.3 is 0 Å². The van der Waals surface area contributed by atoms with Crippen molar-refractivity contribution in [1.29, 1.82) is 0 Å². The number of aryl methyl sites for hydroxylation is 2. The molecule has 1 unspecified atom stereocenters. The molecule has 0 spiro atoms. The Hall–Kier alpha value is -1.10. The molecule has 1 aliphatic heterocycles. The molecular formula is C20H32N2O2. The molecule has 1 saturated heterocycles. The highest BCUT2D eigenvalue weighted by Crippen LogP contribution is 2.30. The second-order valence-electron chi connectivity index (χ2n) is 7.66. The number of hydrogen-bond donors (Lipinski definition) is 1. The summed E-state index contributed by atoms with van der Waals surface area (Å²) in [6, 6.07) is 4.21. The van der Waals surface area contributed by atoms with Gasteiger partial charge in [-0.2, -0.15) is 0 Å². The van der Waals surface area contributed by atoms with Gasteiger partial charge in [-0.3, -0.25) is 4.90 Å². The van der Waals surface area contributed by atoms with Crippen molar-refractivity contribution in [1.82, 2.24) is 9.80 Å². The molecule has 4 nitrogen and oxygen atoms in total. The van der Waals surface area contributed by atoms with E-state index in [1.54, 1.807) is 0 Å². The zero-order valence-corrected chi connectivity index (χ0v) is 15.4. The summed E-state index contributed by atoms with van der Waals surface area (Å²) < 4.78 is 5.95. The van der Waals surface area contributed by atoms with Crippen molar-refractivity contribution >= 4 is 0 Å². The highest BCUT2D eigenvalue weighted by molar-refractivity contribution is 5.44. The second kappa shape index (κ2) is 7.85. The molecule has 4 heteroatoms. The Bertz CT molecular complexity index is 549. The van der Waals surface area contributed by atoms with Crippen LogP contribution >= 0.6 is 0 Å². The molecule has 0 amide bonds. The van der Waals surface area contributed by atoms with Gasteiger partial charge in [-0.05, 0) is 56.2 Å². The van der Waals surface area contributed by atoms with Crippen molar-refractivity contribution in [3.05, 3.63) is 28.8 Å². The van der Waals surface area contributed by atoms with Gasteiger partial charge in [0.15, 0.2) is 0 Å². The lowest BCUT2D eigenvalue weighted by Crippen LogP contribution is -2.49. The fourth-order valence-corrected chi connectivity index (χ4v) is 3.50. The van der Waals surface area contributed by atoms with E-state index in [-0.39, 0.29) is 0 Å². The van der Waals surface area contributed by atoms with Gasteiger partial charge < -0.3 is 14.7 Å². The van der Waals surface area contributed by atoms with Gasteiger partial charge in [-0.15, -0.1) is 0 Å². The zero-order valence-electron chi connectivity index (χ0n) is 15.4. The first-order chi connectivity index (χ1) is 11.5. The minimum absolute atomic E-state index is 0.368. The van der Waals surface area contributed by atoms with Gasteiger partial charge in [0.05, 0.1) is 0 Å². The number of nitrogens with zero attached hydrogens (tertiary/aromatic N) is 2. The summed E-state index contributed by atoms with van der Waals surface area (Å²) >= 11 is 0. The summed E-state index contributed by atoms with van der Waals surface area (Å²) in [6.07, 6.45) is 2.42. The van der Waals surface area contributed by atoms with Gasteiger partial charge in [0.2, 0.25) is 0 Å². The number of aliphatic hydroxyl groups is 1. The minimum Gasteiger partial charge on any atom is -0.490 e. The molecule has 2 aliphatic rings. The number of aliphatic hydroxyl groups excluding tert-OH is 1. The Kier molecular flexibility index (Phi) is 5.80. The molecule has 3 rings (SSSR count). The summed E-state index contributed by atoms with van der Waals surface area (Å²) in [4.78, 5) is 4.95. The average Bonchev–Trinajstić information content (AvgIpc) is 3.37. The van der Waals surface area contributed by atoms with Crippen LogP contribution in [-0.4, -0.2) is 66.9 Å². The quantitative estimate of drug-likeness (QED) is 0.832. The van der Waals surface area contributed by atoms with Crippen LogP contribution in [0.3, 0.4) is 0 Å². The summed E-state index contributed by atoms with van der Waals surface area (Å²) in [7, 11) is 0. The van der Waals surface area contributed by atoms with E-state index in [9.17, 15) is 5.11 Å². The maximum absolute atomic E-state index is 10.4. The lowest BCUT2D eigenvalue weighted by atomic mass is 10.1. The Morgan fingerprint density at radius 2 is 1.67 bits per heavy atom. The number of piperazine rings is 1. The molecule has 1 saturated carbocycles. The number of hydrogen-bond acceptors (Lipinski definition) is 4. The fraction of sp³-hybridized carbons (Fsp3) is 0.700. The lowest BCUT2D eigenvalue weighted by Gasteiger charge is -2.35. The molecule has 0 radical (unpaired) electrons. The standard InChI is InChI=1S/C20H32N2O2/c1-15-4-5-16(2)20(17(15)3)24-14-19(23)13-22-10-8-21(9-11-22)12-18-6-7-18/h4-5,18-19,23H,6-14H2,1-3H3. The van der Waals surface area contributed by atoms with Crippen LogP contribution in [0.4, 0.5) is 0 Å². The molecule has 134 valence electrons. The molecule has 2 fully saturated rings. The van der Waals surface area contributed by atoms with E-state index < -0.39 is 6.10 Å². The first-order valence-electron chi connectivity index (χ1n) is 9.35. The molecule has 0 aromatic heterocycles. The van der Waals surface area contributed by atoms with E-state index in [0.717, 1.165) is 43.4 Å². The van der Waals surface area contributed by atoms with Crippen molar-refractivity contribution in [2.75, 3.05) is 45.9 Å². The first kappa shape index (κ1) is 17.7. The molecule has 1 heterocycles. The van der Waals surface area contributed by atoms with Crippen LogP contribution in [-0.2, 0) is 0 Å². The topological polar surface area (TPSA) is 35.9 Å². The molecule has 1 atom stereocenters. The Balaban J connectivity index is 1.41. The summed E-state index contributed by atoms with van der Waals surface area (Å²) in [5, 5.41) is 10.4. The monoisotopic (exact) mass is 332 g/mol. The highest BCUT2D eigenvalue weighted by atomic mass is 16.5. The molecule has 1 aromatic carbocycles. The van der Waals surface area contributed by atoms with E-state index >= 15 is 0 Å². The van der Waals surface area contributed by atoms with Crippen molar-refractivity contribution < 1.29 is 9.84 Å². The number of benzene rings is 1. The van der Waals surface area contributed by atoms with Gasteiger partial charge in [-0.25, -0.2) is 0 Å². The van der Waals surface area contributed by atoms with Crippen LogP contribution in [0.25, 0.3) is 0 Å². The molecular weight excluding hydrogens is 300 g/mol. The first-order valence-corrected chi connectivity index (χ1v) is 9.35. The Morgan fingerprint density at radius 3 is 2.33 bits per heavy atom. The van der Waals surface area contributed by atoms with Gasteiger partial charge in [0.25, 0.3) is 0 Å². The van der Waals surface area contributed by atoms with E-state index in [1.807, 2.05) is 0 Å². The smallest absolute Gasteiger partial charge is 0.125 e. The largest absolute Gasteiger partial charge is 0.490 e. The van der Waals surface area contributed by atoms with Crippen LogP contribution in [0.1, 0.15) is 29.5 Å². The highest BCUT2D eigenvalue weighted by Gasteiger charge is 2.26. The lowest BCUT2D eigenvalue weighted by molar-refractivity contribution is 0.0449. The summed E-state index contributed by atoms with van der Waals surface area (Å²) in [5.74, 6) is 1.90. The molecule has 24 heavy (non-hydrogen) atoms. The van der Waals surface area contributed by atoms with E-state index in [4.69, 9.17) is 4.74 Å². The molecule has 1 N–H and O–H groups in total. The molecule has 0 bridgehead atoms. The van der Waals surface area contributed by atoms with Crippen LogP contribution in [0, 0.1) is 26.7 Å². The van der Waals surface area contributed by atoms with Gasteiger partial charge in [0, 0.05) is 39.3 Å². The van der Waals surface area contributed by atoms with E-state index in [2.05, 4.69) is 42.7 Å². The summed E-state index contributed by atoms with van der Waals surface area (Å²) in [6.45, 7) is 13.0. The van der Waals surface area contributed by atoms with Crippen molar-refractivity contribution in [3.8, 4) is 5.75 Å². The van der Waals surface area contributed by atoms with Crippen LogP contribution < -0.4 is 4.74 Å². The van der Waals surface area contributed by atoms with E-state index in [1.165, 1.54) is 30.5 Å².